The number of halogens is 1. The zero-order valence-electron chi connectivity index (χ0n) is 21.3. The zero-order valence-corrected chi connectivity index (χ0v) is 22.2. The fourth-order valence-corrected chi connectivity index (χ4v) is 4.80. The maximum atomic E-state index is 14.3. The van der Waals surface area contributed by atoms with Gasteiger partial charge in [0, 0.05) is 31.1 Å². The number of aryl methyl sites for hydroxylation is 1. The molecule has 2 amide bonds. The van der Waals surface area contributed by atoms with Crippen molar-refractivity contribution < 1.29 is 22.4 Å². The first-order valence-electron chi connectivity index (χ1n) is 11.7. The van der Waals surface area contributed by atoms with Crippen molar-refractivity contribution in [2.24, 2.45) is 0 Å². The average Bonchev–Trinajstić information content (AvgIpc) is 2.76. The van der Waals surface area contributed by atoms with E-state index in [1.54, 1.807) is 37.3 Å². The second-order valence-corrected chi connectivity index (χ2v) is 11.0. The number of anilines is 1. The molecule has 192 valence electrons. The van der Waals surface area contributed by atoms with E-state index in [1.165, 1.54) is 15.3 Å². The molecule has 0 bridgehead atoms. The summed E-state index contributed by atoms with van der Waals surface area (Å²) in [6, 6.07) is 10.6. The lowest BCUT2D eigenvalue weighted by Gasteiger charge is -2.30. The molecule has 0 spiro atoms. The molecule has 0 heterocycles. The lowest BCUT2D eigenvalue weighted by Crippen LogP contribution is -2.49. The van der Waals surface area contributed by atoms with Crippen molar-refractivity contribution >= 4 is 27.5 Å². The summed E-state index contributed by atoms with van der Waals surface area (Å²) < 4.78 is 40.7. The summed E-state index contributed by atoms with van der Waals surface area (Å²) in [5, 5.41) is 2.79. The van der Waals surface area contributed by atoms with E-state index in [0.717, 1.165) is 17.4 Å². The fraction of sp³-hybridized carbons (Fsp3) is 0.462. The Hall–Kier alpha value is -2.94. The van der Waals surface area contributed by atoms with Crippen molar-refractivity contribution in [1.82, 2.24) is 10.2 Å². The van der Waals surface area contributed by atoms with Crippen LogP contribution in [0.1, 0.15) is 50.3 Å². The number of sulfonamides is 1. The second kappa shape index (κ2) is 12.2. The van der Waals surface area contributed by atoms with Gasteiger partial charge in [0.1, 0.15) is 11.9 Å². The van der Waals surface area contributed by atoms with Crippen LogP contribution in [0.25, 0.3) is 0 Å². The van der Waals surface area contributed by atoms with Crippen molar-refractivity contribution in [2.45, 2.75) is 66.1 Å². The van der Waals surface area contributed by atoms with Crippen molar-refractivity contribution in [3.63, 3.8) is 0 Å². The molecule has 0 saturated heterocycles. The highest BCUT2D eigenvalue weighted by Gasteiger charge is 2.28. The Kier molecular flexibility index (Phi) is 9.82. The molecular formula is C26H36FN3O4S. The predicted molar refractivity (Wildman–Crippen MR) is 137 cm³/mol. The standard InChI is InChI=1S/C26H36FN3O4S/c1-18(2)28-26(32)21(5)29(17-22-12-7-8-13-23(22)27)25(31)15-10-16-30(35(6,33)34)24-14-9-11-19(3)20(24)4/h7-9,11-14,18,21H,10,15-17H2,1-6H3,(H,28,32). The van der Waals surface area contributed by atoms with Crippen LogP contribution in [0.3, 0.4) is 0 Å². The molecule has 7 nitrogen and oxygen atoms in total. The van der Waals surface area contributed by atoms with Crippen LogP contribution in [-0.2, 0) is 26.2 Å². The minimum atomic E-state index is -3.58. The molecule has 9 heteroatoms. The number of rotatable bonds is 11. The van der Waals surface area contributed by atoms with E-state index in [-0.39, 0.29) is 43.8 Å². The van der Waals surface area contributed by atoms with E-state index in [4.69, 9.17) is 0 Å². The van der Waals surface area contributed by atoms with Gasteiger partial charge in [0.15, 0.2) is 0 Å². The van der Waals surface area contributed by atoms with Gasteiger partial charge >= 0.3 is 0 Å². The van der Waals surface area contributed by atoms with Crippen LogP contribution in [0, 0.1) is 19.7 Å². The Morgan fingerprint density at radius 3 is 2.29 bits per heavy atom. The molecule has 1 unspecified atom stereocenters. The van der Waals surface area contributed by atoms with Gasteiger partial charge in [-0.3, -0.25) is 13.9 Å². The smallest absolute Gasteiger partial charge is 0.242 e. The van der Waals surface area contributed by atoms with E-state index < -0.39 is 21.9 Å². The van der Waals surface area contributed by atoms with Crippen molar-refractivity contribution in [1.29, 1.82) is 0 Å². The summed E-state index contributed by atoms with van der Waals surface area (Å²) >= 11 is 0. The first-order chi connectivity index (χ1) is 16.3. The van der Waals surface area contributed by atoms with Gasteiger partial charge in [-0.2, -0.15) is 0 Å². The van der Waals surface area contributed by atoms with Crippen LogP contribution in [0.4, 0.5) is 10.1 Å². The lowest BCUT2D eigenvalue weighted by atomic mass is 10.1. The molecule has 0 saturated carbocycles. The molecule has 0 aliphatic carbocycles. The molecule has 35 heavy (non-hydrogen) atoms. The van der Waals surface area contributed by atoms with Gasteiger partial charge in [-0.05, 0) is 64.3 Å². The van der Waals surface area contributed by atoms with Gasteiger partial charge in [-0.15, -0.1) is 0 Å². The van der Waals surface area contributed by atoms with Crippen molar-refractivity contribution in [3.05, 3.63) is 65.0 Å². The second-order valence-electron chi connectivity index (χ2n) is 9.11. The summed E-state index contributed by atoms with van der Waals surface area (Å²) in [7, 11) is -3.58. The molecule has 0 radical (unpaired) electrons. The highest BCUT2D eigenvalue weighted by Crippen LogP contribution is 2.25. The maximum absolute atomic E-state index is 14.3. The Bertz CT molecular complexity index is 1150. The zero-order chi connectivity index (χ0) is 26.3. The summed E-state index contributed by atoms with van der Waals surface area (Å²) in [6.07, 6.45) is 1.38. The monoisotopic (exact) mass is 505 g/mol. The first-order valence-corrected chi connectivity index (χ1v) is 13.5. The highest BCUT2D eigenvalue weighted by atomic mass is 32.2. The summed E-state index contributed by atoms with van der Waals surface area (Å²) in [5.41, 5.74) is 2.70. The number of hydrogen-bond donors (Lipinski definition) is 1. The van der Waals surface area contributed by atoms with Gasteiger partial charge in [-0.25, -0.2) is 12.8 Å². The largest absolute Gasteiger partial charge is 0.352 e. The van der Waals surface area contributed by atoms with Gasteiger partial charge in [0.25, 0.3) is 0 Å². The van der Waals surface area contributed by atoms with Crippen LogP contribution in [0.2, 0.25) is 0 Å². The van der Waals surface area contributed by atoms with E-state index in [1.807, 2.05) is 33.8 Å². The lowest BCUT2D eigenvalue weighted by molar-refractivity contribution is -0.140. The molecule has 0 aliphatic rings. The summed E-state index contributed by atoms with van der Waals surface area (Å²) in [6.45, 7) is 9.06. The number of carbonyl (C=O) groups excluding carboxylic acids is 2. The summed E-state index contributed by atoms with van der Waals surface area (Å²) in [5.74, 6) is -1.15. The molecule has 1 N–H and O–H groups in total. The molecule has 0 aromatic heterocycles. The molecule has 2 aromatic rings. The van der Waals surface area contributed by atoms with E-state index in [9.17, 15) is 22.4 Å². The van der Waals surface area contributed by atoms with Crippen LogP contribution in [0.15, 0.2) is 42.5 Å². The van der Waals surface area contributed by atoms with Crippen LogP contribution in [0.5, 0.6) is 0 Å². The van der Waals surface area contributed by atoms with Crippen molar-refractivity contribution in [2.75, 3.05) is 17.1 Å². The molecule has 0 fully saturated rings. The number of benzene rings is 2. The Balaban J connectivity index is 2.22. The fourth-order valence-electron chi connectivity index (χ4n) is 3.79. The molecule has 2 rings (SSSR count). The quantitative estimate of drug-likeness (QED) is 0.501. The van der Waals surface area contributed by atoms with Gasteiger partial charge in [-0.1, -0.05) is 30.3 Å². The summed E-state index contributed by atoms with van der Waals surface area (Å²) in [4.78, 5) is 27.2. The van der Waals surface area contributed by atoms with E-state index >= 15 is 0 Å². The maximum Gasteiger partial charge on any atom is 0.242 e. The Morgan fingerprint density at radius 1 is 1.03 bits per heavy atom. The van der Waals surface area contributed by atoms with Gasteiger partial charge in [0.2, 0.25) is 21.8 Å². The molecular weight excluding hydrogens is 469 g/mol. The van der Waals surface area contributed by atoms with Crippen LogP contribution < -0.4 is 9.62 Å². The number of amides is 2. The van der Waals surface area contributed by atoms with Gasteiger partial charge in [0.05, 0.1) is 11.9 Å². The third-order valence-corrected chi connectivity index (χ3v) is 7.07. The SMILES string of the molecule is Cc1cccc(N(CCCC(=O)N(Cc2ccccc2F)C(C)C(=O)NC(C)C)S(C)(=O)=O)c1C. The topological polar surface area (TPSA) is 86.8 Å². The third kappa shape index (κ3) is 7.78. The van der Waals surface area contributed by atoms with Crippen LogP contribution in [-0.4, -0.2) is 50.0 Å². The number of carbonyl (C=O) groups is 2. The first kappa shape index (κ1) is 28.3. The highest BCUT2D eigenvalue weighted by molar-refractivity contribution is 7.92. The Morgan fingerprint density at radius 2 is 1.69 bits per heavy atom. The molecule has 1 atom stereocenters. The normalized spacial score (nSPS) is 12.3. The number of nitrogens with zero attached hydrogens (tertiary/aromatic N) is 2. The van der Waals surface area contributed by atoms with Crippen LogP contribution >= 0.6 is 0 Å². The van der Waals surface area contributed by atoms with Crippen molar-refractivity contribution in [3.8, 4) is 0 Å². The molecule has 0 aliphatic heterocycles. The van der Waals surface area contributed by atoms with Gasteiger partial charge < -0.3 is 10.2 Å². The van der Waals surface area contributed by atoms with E-state index in [2.05, 4.69) is 5.32 Å². The third-order valence-electron chi connectivity index (χ3n) is 5.89. The minimum absolute atomic E-state index is 0.00460. The molecule has 2 aromatic carbocycles. The number of nitrogens with one attached hydrogen (secondary N) is 1. The Labute approximate surface area is 208 Å². The predicted octanol–water partition coefficient (Wildman–Crippen LogP) is 3.93. The van der Waals surface area contributed by atoms with E-state index in [0.29, 0.717) is 11.3 Å². The average molecular weight is 506 g/mol. The minimum Gasteiger partial charge on any atom is -0.352 e. The number of hydrogen-bond acceptors (Lipinski definition) is 4.